The molecule has 0 atom stereocenters. The van der Waals surface area contributed by atoms with E-state index in [1.165, 1.54) is 87.2 Å². The normalized spacial score (nSPS) is 11.6. The predicted octanol–water partition coefficient (Wildman–Crippen LogP) is 12.5. The lowest BCUT2D eigenvalue weighted by atomic mass is 9.83. The van der Waals surface area contributed by atoms with Crippen molar-refractivity contribution in [2.45, 2.75) is 0 Å². The van der Waals surface area contributed by atoms with Crippen molar-refractivity contribution >= 4 is 53.9 Å². The molecular formula is C44H28. The minimum Gasteiger partial charge on any atom is -0.0616 e. The lowest BCUT2D eigenvalue weighted by Crippen LogP contribution is -1.92. The monoisotopic (exact) mass is 556 g/mol. The SMILES string of the molecule is c1ccc2cc(-c3ccc(-c4c5ccccc5c(-c5cc6ccccc6c6ccccc56)c5ccccc45)cc3)ccc2c1. The maximum atomic E-state index is 2.39. The van der Waals surface area contributed by atoms with Crippen molar-refractivity contribution in [2.75, 3.05) is 0 Å². The first-order valence-electron chi connectivity index (χ1n) is 15.3. The van der Waals surface area contributed by atoms with Gasteiger partial charge < -0.3 is 0 Å². The van der Waals surface area contributed by atoms with Crippen molar-refractivity contribution in [2.24, 2.45) is 0 Å². The molecule has 0 aliphatic carbocycles. The largest absolute Gasteiger partial charge is 0.0616 e. The van der Waals surface area contributed by atoms with Crippen molar-refractivity contribution in [1.29, 1.82) is 0 Å². The smallest absolute Gasteiger partial charge is 0.00199 e. The maximum absolute atomic E-state index is 2.39. The Bertz CT molecular complexity index is 2480. The Labute approximate surface area is 256 Å². The van der Waals surface area contributed by atoms with Gasteiger partial charge >= 0.3 is 0 Å². The highest BCUT2D eigenvalue weighted by molar-refractivity contribution is 6.25. The van der Waals surface area contributed by atoms with Crippen LogP contribution in [0.25, 0.3) is 87.2 Å². The minimum absolute atomic E-state index is 1.23. The molecule has 0 amide bonds. The van der Waals surface area contributed by atoms with Crippen LogP contribution in [0, 0.1) is 0 Å². The molecule has 0 aromatic heterocycles. The highest BCUT2D eigenvalue weighted by Crippen LogP contribution is 2.46. The fourth-order valence-corrected chi connectivity index (χ4v) is 7.19. The summed E-state index contributed by atoms with van der Waals surface area (Å²) in [6.07, 6.45) is 0. The molecule has 9 aromatic carbocycles. The number of hydrogen-bond donors (Lipinski definition) is 0. The molecule has 9 aromatic rings. The van der Waals surface area contributed by atoms with Crippen LogP contribution in [0.1, 0.15) is 0 Å². The summed E-state index contributed by atoms with van der Waals surface area (Å²) < 4.78 is 0. The molecule has 204 valence electrons. The molecule has 44 heavy (non-hydrogen) atoms. The van der Waals surface area contributed by atoms with Gasteiger partial charge in [-0.05, 0) is 99.4 Å². The van der Waals surface area contributed by atoms with Gasteiger partial charge in [0.15, 0.2) is 0 Å². The molecule has 0 unspecified atom stereocenters. The van der Waals surface area contributed by atoms with Crippen molar-refractivity contribution in [3.05, 3.63) is 170 Å². The van der Waals surface area contributed by atoms with Crippen LogP contribution in [0.5, 0.6) is 0 Å². The highest BCUT2D eigenvalue weighted by Gasteiger charge is 2.18. The fourth-order valence-electron chi connectivity index (χ4n) is 7.19. The van der Waals surface area contributed by atoms with E-state index >= 15 is 0 Å². The first-order valence-corrected chi connectivity index (χ1v) is 15.3. The van der Waals surface area contributed by atoms with E-state index in [0.717, 1.165) is 0 Å². The number of rotatable bonds is 3. The molecule has 0 aliphatic heterocycles. The third-order valence-corrected chi connectivity index (χ3v) is 9.23. The Hall–Kier alpha value is -5.72. The lowest BCUT2D eigenvalue weighted by Gasteiger charge is -2.19. The summed E-state index contributed by atoms with van der Waals surface area (Å²) in [7, 11) is 0. The van der Waals surface area contributed by atoms with Crippen LogP contribution in [-0.4, -0.2) is 0 Å². The summed E-state index contributed by atoms with van der Waals surface area (Å²) in [6, 6.07) is 62.3. The quantitative estimate of drug-likeness (QED) is 0.150. The number of hydrogen-bond acceptors (Lipinski definition) is 0. The van der Waals surface area contributed by atoms with Crippen LogP contribution in [0.2, 0.25) is 0 Å². The molecular weight excluding hydrogens is 528 g/mol. The highest BCUT2D eigenvalue weighted by atomic mass is 14.2. The van der Waals surface area contributed by atoms with Crippen molar-refractivity contribution < 1.29 is 0 Å². The number of fused-ring (bicyclic) bond motifs is 6. The molecule has 0 radical (unpaired) electrons. The van der Waals surface area contributed by atoms with Gasteiger partial charge in [-0.15, -0.1) is 0 Å². The minimum atomic E-state index is 1.23. The van der Waals surface area contributed by atoms with E-state index in [1.807, 2.05) is 0 Å². The van der Waals surface area contributed by atoms with E-state index in [2.05, 4.69) is 170 Å². The van der Waals surface area contributed by atoms with E-state index in [1.54, 1.807) is 0 Å². The van der Waals surface area contributed by atoms with Crippen molar-refractivity contribution in [3.63, 3.8) is 0 Å². The zero-order valence-corrected chi connectivity index (χ0v) is 24.2. The van der Waals surface area contributed by atoms with Gasteiger partial charge in [0.2, 0.25) is 0 Å². The summed E-state index contributed by atoms with van der Waals surface area (Å²) in [5.74, 6) is 0. The zero-order valence-electron chi connectivity index (χ0n) is 24.2. The van der Waals surface area contributed by atoms with Crippen LogP contribution in [0.15, 0.2) is 170 Å². The van der Waals surface area contributed by atoms with E-state index in [-0.39, 0.29) is 0 Å². The first-order chi connectivity index (χ1) is 21.8. The van der Waals surface area contributed by atoms with Crippen LogP contribution in [-0.2, 0) is 0 Å². The Morgan fingerprint density at radius 2 is 0.682 bits per heavy atom. The van der Waals surface area contributed by atoms with E-state index in [9.17, 15) is 0 Å². The molecule has 9 rings (SSSR count). The van der Waals surface area contributed by atoms with E-state index in [4.69, 9.17) is 0 Å². The molecule has 0 saturated carbocycles. The Kier molecular flexibility index (Phi) is 5.61. The van der Waals surface area contributed by atoms with Gasteiger partial charge in [-0.3, -0.25) is 0 Å². The molecule has 0 saturated heterocycles. The van der Waals surface area contributed by atoms with Gasteiger partial charge in [0, 0.05) is 0 Å². The zero-order chi connectivity index (χ0) is 29.0. The average molecular weight is 557 g/mol. The summed E-state index contributed by atoms with van der Waals surface area (Å²) >= 11 is 0. The van der Waals surface area contributed by atoms with Gasteiger partial charge in [0.25, 0.3) is 0 Å². The van der Waals surface area contributed by atoms with Crippen molar-refractivity contribution in [3.8, 4) is 33.4 Å². The molecule has 0 heteroatoms. The van der Waals surface area contributed by atoms with E-state index < -0.39 is 0 Å². The Morgan fingerprint density at radius 3 is 1.34 bits per heavy atom. The van der Waals surface area contributed by atoms with Crippen molar-refractivity contribution in [1.82, 2.24) is 0 Å². The van der Waals surface area contributed by atoms with Crippen LogP contribution in [0.4, 0.5) is 0 Å². The van der Waals surface area contributed by atoms with Gasteiger partial charge in [-0.1, -0.05) is 158 Å². The van der Waals surface area contributed by atoms with Crippen LogP contribution >= 0.6 is 0 Å². The molecule has 0 nitrogen and oxygen atoms in total. The molecule has 0 fully saturated rings. The average Bonchev–Trinajstić information content (AvgIpc) is 3.10. The summed E-state index contributed by atoms with van der Waals surface area (Å²) in [5, 5.41) is 12.8. The van der Waals surface area contributed by atoms with Crippen LogP contribution < -0.4 is 0 Å². The fraction of sp³-hybridized carbons (Fsp3) is 0. The second-order valence-electron chi connectivity index (χ2n) is 11.7. The third-order valence-electron chi connectivity index (χ3n) is 9.23. The summed E-state index contributed by atoms with van der Waals surface area (Å²) in [4.78, 5) is 0. The molecule has 0 spiro atoms. The molecule has 0 N–H and O–H groups in total. The van der Waals surface area contributed by atoms with Gasteiger partial charge in [0.05, 0.1) is 0 Å². The first kappa shape index (κ1) is 24.8. The Morgan fingerprint density at radius 1 is 0.227 bits per heavy atom. The molecule has 0 aliphatic rings. The second kappa shape index (κ2) is 9.93. The topological polar surface area (TPSA) is 0 Å². The predicted molar refractivity (Wildman–Crippen MR) is 190 cm³/mol. The number of benzene rings is 9. The third kappa shape index (κ3) is 3.85. The van der Waals surface area contributed by atoms with E-state index in [0.29, 0.717) is 0 Å². The summed E-state index contributed by atoms with van der Waals surface area (Å²) in [5.41, 5.74) is 7.57. The summed E-state index contributed by atoms with van der Waals surface area (Å²) in [6.45, 7) is 0. The van der Waals surface area contributed by atoms with Gasteiger partial charge in [0.1, 0.15) is 0 Å². The second-order valence-corrected chi connectivity index (χ2v) is 11.7. The lowest BCUT2D eigenvalue weighted by molar-refractivity contribution is 1.63. The van der Waals surface area contributed by atoms with Gasteiger partial charge in [-0.2, -0.15) is 0 Å². The van der Waals surface area contributed by atoms with Gasteiger partial charge in [-0.25, -0.2) is 0 Å². The van der Waals surface area contributed by atoms with Crippen LogP contribution in [0.3, 0.4) is 0 Å². The standard InChI is InChI=1S/C44H28/c1-2-12-32-27-33(26-23-29(32)11-1)30-21-24-31(25-22-30)43-38-17-7-9-19-40(38)44(41-20-10-8-18-39(41)43)42-28-34-13-3-4-14-35(34)36-15-5-6-16-37(36)42/h1-28H. The molecule has 0 heterocycles. The maximum Gasteiger partial charge on any atom is -0.00199 e. The Balaban J connectivity index is 1.30. The molecule has 0 bridgehead atoms.